The van der Waals surface area contributed by atoms with Crippen LogP contribution < -0.4 is 10.1 Å². The number of carbonyl (C=O) groups is 1. The SMILES string of the molecule is COCC(CCO)NC(=O)CCOc1c(C)cccc1C. The van der Waals surface area contributed by atoms with Gasteiger partial charge < -0.3 is 19.9 Å². The van der Waals surface area contributed by atoms with E-state index in [0.29, 0.717) is 19.6 Å². The van der Waals surface area contributed by atoms with Crippen molar-refractivity contribution in [1.29, 1.82) is 0 Å². The van der Waals surface area contributed by atoms with Crippen molar-refractivity contribution in [2.24, 2.45) is 0 Å². The number of aliphatic hydroxyl groups is 1. The lowest BCUT2D eigenvalue weighted by atomic mass is 10.1. The number of hydrogen-bond acceptors (Lipinski definition) is 4. The van der Waals surface area contributed by atoms with Crippen LogP contribution in [0.15, 0.2) is 18.2 Å². The van der Waals surface area contributed by atoms with Gasteiger partial charge >= 0.3 is 0 Å². The first-order chi connectivity index (χ1) is 10.1. The molecular formula is C16H25NO4. The molecule has 0 saturated carbocycles. The molecule has 0 aliphatic heterocycles. The lowest BCUT2D eigenvalue weighted by Gasteiger charge is -2.17. The molecule has 21 heavy (non-hydrogen) atoms. The van der Waals surface area contributed by atoms with Crippen LogP contribution in [0.4, 0.5) is 0 Å². The van der Waals surface area contributed by atoms with Gasteiger partial charge in [-0.3, -0.25) is 4.79 Å². The zero-order valence-corrected chi connectivity index (χ0v) is 13.0. The van der Waals surface area contributed by atoms with Crippen molar-refractivity contribution in [3.63, 3.8) is 0 Å². The van der Waals surface area contributed by atoms with Crippen LogP contribution in [0.3, 0.4) is 0 Å². The van der Waals surface area contributed by atoms with Crippen LogP contribution in [0.25, 0.3) is 0 Å². The van der Waals surface area contributed by atoms with Gasteiger partial charge in [0.2, 0.25) is 5.91 Å². The zero-order chi connectivity index (χ0) is 15.7. The number of nitrogens with one attached hydrogen (secondary N) is 1. The normalized spacial score (nSPS) is 12.0. The van der Waals surface area contributed by atoms with E-state index < -0.39 is 0 Å². The standard InChI is InChI=1S/C16H25NO4/c1-12-5-4-6-13(2)16(12)21-10-8-15(19)17-14(7-9-18)11-20-3/h4-6,14,18H,7-11H2,1-3H3,(H,17,19). The summed E-state index contributed by atoms with van der Waals surface area (Å²) in [6.45, 7) is 4.71. The number of benzene rings is 1. The Balaban J connectivity index is 2.39. The maximum atomic E-state index is 11.8. The summed E-state index contributed by atoms with van der Waals surface area (Å²) >= 11 is 0. The van der Waals surface area contributed by atoms with Crippen LogP contribution in [0.2, 0.25) is 0 Å². The summed E-state index contributed by atoms with van der Waals surface area (Å²) in [5.74, 6) is 0.742. The van der Waals surface area contributed by atoms with Gasteiger partial charge in [-0.05, 0) is 31.4 Å². The van der Waals surface area contributed by atoms with E-state index in [2.05, 4.69) is 5.32 Å². The highest BCUT2D eigenvalue weighted by Crippen LogP contribution is 2.22. The predicted molar refractivity (Wildman–Crippen MR) is 81.5 cm³/mol. The average molecular weight is 295 g/mol. The van der Waals surface area contributed by atoms with Crippen LogP contribution in [0.5, 0.6) is 5.75 Å². The summed E-state index contributed by atoms with van der Waals surface area (Å²) in [6, 6.07) is 5.79. The molecule has 1 unspecified atom stereocenters. The largest absolute Gasteiger partial charge is 0.493 e. The van der Waals surface area contributed by atoms with Crippen molar-refractivity contribution >= 4 is 5.91 Å². The van der Waals surface area contributed by atoms with E-state index >= 15 is 0 Å². The molecule has 0 fully saturated rings. The van der Waals surface area contributed by atoms with Crippen LogP contribution in [-0.2, 0) is 9.53 Å². The smallest absolute Gasteiger partial charge is 0.223 e. The molecular weight excluding hydrogens is 270 g/mol. The number of carbonyl (C=O) groups excluding carboxylic acids is 1. The maximum absolute atomic E-state index is 11.8. The number of ether oxygens (including phenoxy) is 2. The Labute approximate surface area is 126 Å². The lowest BCUT2D eigenvalue weighted by Crippen LogP contribution is -2.39. The van der Waals surface area contributed by atoms with Gasteiger partial charge in [-0.2, -0.15) is 0 Å². The molecule has 0 heterocycles. The summed E-state index contributed by atoms with van der Waals surface area (Å²) in [5.41, 5.74) is 2.13. The zero-order valence-electron chi connectivity index (χ0n) is 13.0. The molecule has 5 nitrogen and oxygen atoms in total. The van der Waals surface area contributed by atoms with Crippen LogP contribution in [-0.4, -0.2) is 44.0 Å². The molecule has 1 amide bonds. The number of para-hydroxylation sites is 1. The Bertz CT molecular complexity index is 422. The van der Waals surface area contributed by atoms with Crippen molar-refractivity contribution in [2.45, 2.75) is 32.7 Å². The minimum absolute atomic E-state index is 0.0210. The topological polar surface area (TPSA) is 67.8 Å². The van der Waals surface area contributed by atoms with Crippen molar-refractivity contribution in [3.8, 4) is 5.75 Å². The van der Waals surface area contributed by atoms with E-state index in [1.54, 1.807) is 7.11 Å². The Morgan fingerprint density at radius 3 is 2.57 bits per heavy atom. The third-order valence-corrected chi connectivity index (χ3v) is 3.19. The molecule has 0 radical (unpaired) electrons. The molecule has 0 spiro atoms. The van der Waals surface area contributed by atoms with Gasteiger partial charge in [0, 0.05) is 13.7 Å². The van der Waals surface area contributed by atoms with Gasteiger partial charge in [0.1, 0.15) is 5.75 Å². The molecule has 1 atom stereocenters. The van der Waals surface area contributed by atoms with E-state index in [-0.39, 0.29) is 25.0 Å². The summed E-state index contributed by atoms with van der Waals surface area (Å²) in [7, 11) is 1.57. The minimum atomic E-state index is -0.160. The Kier molecular flexibility index (Phi) is 7.79. The summed E-state index contributed by atoms with van der Waals surface area (Å²) in [4.78, 5) is 11.8. The number of amides is 1. The number of rotatable bonds is 9. The maximum Gasteiger partial charge on any atom is 0.223 e. The Hall–Kier alpha value is -1.59. The molecule has 1 aromatic rings. The molecule has 0 saturated heterocycles. The molecule has 0 bridgehead atoms. The molecule has 118 valence electrons. The molecule has 0 aromatic heterocycles. The second kappa shape index (κ2) is 9.37. The summed E-state index contributed by atoms with van der Waals surface area (Å²) in [6.07, 6.45) is 0.761. The number of aliphatic hydroxyl groups excluding tert-OH is 1. The lowest BCUT2D eigenvalue weighted by molar-refractivity contribution is -0.122. The van der Waals surface area contributed by atoms with Gasteiger partial charge in [-0.15, -0.1) is 0 Å². The van der Waals surface area contributed by atoms with E-state index in [1.165, 1.54) is 0 Å². The first kappa shape index (κ1) is 17.5. The fourth-order valence-electron chi connectivity index (χ4n) is 2.13. The van der Waals surface area contributed by atoms with Crippen LogP contribution in [0, 0.1) is 13.8 Å². The van der Waals surface area contributed by atoms with Crippen molar-refractivity contribution < 1.29 is 19.4 Å². The number of hydrogen-bond donors (Lipinski definition) is 2. The fraction of sp³-hybridized carbons (Fsp3) is 0.562. The molecule has 2 N–H and O–H groups in total. The van der Waals surface area contributed by atoms with Gasteiger partial charge in [-0.25, -0.2) is 0 Å². The summed E-state index contributed by atoms with van der Waals surface area (Å²) in [5, 5.41) is 11.8. The van der Waals surface area contributed by atoms with E-state index in [4.69, 9.17) is 14.6 Å². The molecule has 1 rings (SSSR count). The number of methoxy groups -OCH3 is 1. The highest BCUT2D eigenvalue weighted by atomic mass is 16.5. The molecule has 0 aliphatic rings. The second-order valence-corrected chi connectivity index (χ2v) is 5.05. The monoisotopic (exact) mass is 295 g/mol. The second-order valence-electron chi connectivity index (χ2n) is 5.05. The van der Waals surface area contributed by atoms with E-state index in [0.717, 1.165) is 16.9 Å². The highest BCUT2D eigenvalue weighted by Gasteiger charge is 2.12. The highest BCUT2D eigenvalue weighted by molar-refractivity contribution is 5.76. The van der Waals surface area contributed by atoms with Crippen molar-refractivity contribution in [2.75, 3.05) is 26.9 Å². The minimum Gasteiger partial charge on any atom is -0.493 e. The van der Waals surface area contributed by atoms with Gasteiger partial charge in [-0.1, -0.05) is 18.2 Å². The molecule has 1 aromatic carbocycles. The van der Waals surface area contributed by atoms with Gasteiger partial charge in [0.05, 0.1) is 25.7 Å². The predicted octanol–water partition coefficient (Wildman–Crippen LogP) is 1.59. The van der Waals surface area contributed by atoms with Gasteiger partial charge in [0.15, 0.2) is 0 Å². The van der Waals surface area contributed by atoms with Crippen molar-refractivity contribution in [3.05, 3.63) is 29.3 Å². The molecule has 5 heteroatoms. The number of aryl methyl sites for hydroxylation is 2. The molecule has 0 aliphatic carbocycles. The van der Waals surface area contributed by atoms with Crippen molar-refractivity contribution in [1.82, 2.24) is 5.32 Å². The Morgan fingerprint density at radius 2 is 2.00 bits per heavy atom. The fourth-order valence-corrected chi connectivity index (χ4v) is 2.13. The average Bonchev–Trinajstić information content (AvgIpc) is 2.42. The Morgan fingerprint density at radius 1 is 1.33 bits per heavy atom. The third kappa shape index (κ3) is 6.14. The summed E-state index contributed by atoms with van der Waals surface area (Å²) < 4.78 is 10.7. The van der Waals surface area contributed by atoms with Crippen LogP contribution >= 0.6 is 0 Å². The van der Waals surface area contributed by atoms with E-state index in [1.807, 2.05) is 32.0 Å². The quantitative estimate of drug-likeness (QED) is 0.726. The van der Waals surface area contributed by atoms with Crippen LogP contribution in [0.1, 0.15) is 24.0 Å². The first-order valence-corrected chi connectivity index (χ1v) is 7.16. The van der Waals surface area contributed by atoms with Gasteiger partial charge in [0.25, 0.3) is 0 Å². The first-order valence-electron chi connectivity index (χ1n) is 7.16. The van der Waals surface area contributed by atoms with E-state index in [9.17, 15) is 4.79 Å². The third-order valence-electron chi connectivity index (χ3n) is 3.19.